The lowest BCUT2D eigenvalue weighted by atomic mass is 10.2. The molecule has 0 bridgehead atoms. The van der Waals surface area contributed by atoms with Crippen LogP contribution in [0.3, 0.4) is 0 Å². The average molecular weight is 392 g/mol. The molecule has 0 fully saturated rings. The number of aliphatic carboxylic acids is 1. The van der Waals surface area contributed by atoms with Crippen molar-refractivity contribution in [1.82, 2.24) is 28.8 Å². The van der Waals surface area contributed by atoms with E-state index in [1.165, 1.54) is 5.56 Å². The molecular formula is C19H16N6O2S. The highest BCUT2D eigenvalue weighted by Crippen LogP contribution is 2.27. The van der Waals surface area contributed by atoms with Crippen LogP contribution in [0, 0.1) is 0 Å². The molecule has 140 valence electrons. The zero-order chi connectivity index (χ0) is 19.3. The maximum atomic E-state index is 11.2. The number of carboxylic acids is 1. The molecule has 0 aliphatic rings. The summed E-state index contributed by atoms with van der Waals surface area (Å²) in [4.78, 5) is 11.2. The van der Waals surface area contributed by atoms with Crippen LogP contribution in [0.4, 0.5) is 0 Å². The molecule has 0 spiro atoms. The first-order valence-electron chi connectivity index (χ1n) is 8.78. The Kier molecular flexibility index (Phi) is 3.83. The maximum Gasteiger partial charge on any atom is 0.316 e. The van der Waals surface area contributed by atoms with Crippen LogP contribution in [-0.4, -0.2) is 45.1 Å². The van der Waals surface area contributed by atoms with Crippen molar-refractivity contribution in [2.75, 3.05) is 0 Å². The number of aromatic nitrogens is 6. The summed E-state index contributed by atoms with van der Waals surface area (Å²) in [6.07, 6.45) is 0. The van der Waals surface area contributed by atoms with E-state index in [4.69, 9.17) is 5.10 Å². The minimum absolute atomic E-state index is 0.462. The summed E-state index contributed by atoms with van der Waals surface area (Å²) >= 11 is 1.13. The predicted octanol–water partition coefficient (Wildman–Crippen LogP) is 2.95. The third kappa shape index (κ3) is 2.55. The molecule has 9 heteroatoms. The van der Waals surface area contributed by atoms with Crippen LogP contribution in [0.5, 0.6) is 0 Å². The number of benzene rings is 2. The summed E-state index contributed by atoms with van der Waals surface area (Å²) in [5.41, 5.74) is 3.19. The topological polar surface area (TPSA) is 89.7 Å². The molecule has 0 saturated carbocycles. The fourth-order valence-corrected chi connectivity index (χ4v) is 4.02. The smallest absolute Gasteiger partial charge is 0.316 e. The van der Waals surface area contributed by atoms with Crippen LogP contribution < -0.4 is 0 Å². The summed E-state index contributed by atoms with van der Waals surface area (Å²) in [5.74, 6) is 0.405. The second kappa shape index (κ2) is 6.38. The number of thioether (sulfide) groups is 1. The van der Waals surface area contributed by atoms with Crippen molar-refractivity contribution >= 4 is 40.3 Å². The van der Waals surface area contributed by atoms with Crippen molar-refractivity contribution in [3.05, 3.63) is 60.2 Å². The number of carbonyl (C=O) groups is 1. The minimum atomic E-state index is -0.899. The Morgan fingerprint density at radius 1 is 1.04 bits per heavy atom. The van der Waals surface area contributed by atoms with E-state index in [2.05, 4.69) is 33.0 Å². The number of hydrogen-bond acceptors (Lipinski definition) is 5. The summed E-state index contributed by atoms with van der Waals surface area (Å²) in [6.45, 7) is 2.29. The molecule has 0 saturated heterocycles. The summed E-state index contributed by atoms with van der Waals surface area (Å²) in [6, 6.07) is 18.2. The third-order valence-electron chi connectivity index (χ3n) is 4.65. The van der Waals surface area contributed by atoms with E-state index in [0.29, 0.717) is 17.5 Å². The zero-order valence-corrected chi connectivity index (χ0v) is 15.7. The van der Waals surface area contributed by atoms with Gasteiger partial charge < -0.3 is 9.67 Å². The fraction of sp³-hybridized carbons (Fsp3) is 0.158. The first kappa shape index (κ1) is 16.8. The molecule has 0 radical (unpaired) electrons. The van der Waals surface area contributed by atoms with Crippen molar-refractivity contribution in [2.24, 2.45) is 0 Å². The maximum absolute atomic E-state index is 11.2. The molecule has 5 rings (SSSR count). The lowest BCUT2D eigenvalue weighted by molar-refractivity contribution is -0.136. The molecule has 1 unspecified atom stereocenters. The quantitative estimate of drug-likeness (QED) is 0.463. The van der Waals surface area contributed by atoms with Gasteiger partial charge >= 0.3 is 5.97 Å². The van der Waals surface area contributed by atoms with Crippen molar-refractivity contribution in [1.29, 1.82) is 0 Å². The van der Waals surface area contributed by atoms with Crippen LogP contribution in [0.25, 0.3) is 22.6 Å². The second-order valence-electron chi connectivity index (χ2n) is 6.49. The van der Waals surface area contributed by atoms with Gasteiger partial charge in [0.25, 0.3) is 5.78 Å². The van der Waals surface area contributed by atoms with E-state index in [1.807, 2.05) is 40.8 Å². The highest BCUT2D eigenvalue weighted by molar-refractivity contribution is 8.00. The van der Waals surface area contributed by atoms with Crippen LogP contribution >= 0.6 is 11.8 Å². The van der Waals surface area contributed by atoms with Crippen molar-refractivity contribution in [2.45, 2.75) is 23.9 Å². The molecule has 0 aliphatic carbocycles. The molecular weight excluding hydrogens is 376 g/mol. The van der Waals surface area contributed by atoms with Gasteiger partial charge in [-0.05, 0) is 24.6 Å². The summed E-state index contributed by atoms with van der Waals surface area (Å²) < 4.78 is 5.71. The van der Waals surface area contributed by atoms with Gasteiger partial charge in [0.1, 0.15) is 5.25 Å². The SMILES string of the molecule is CC(Sc1nnc2n1nc1n(Cc3ccccc3)c3ccccc3n12)C(=O)O. The standard InChI is InChI=1S/C19H16N6O2S/c1-12(16(26)27)28-19-21-20-17-24-15-10-6-5-9-14(15)23(18(24)22-25(17)19)11-13-7-3-2-4-8-13/h2-10,12H,11H2,1H3,(H,26,27). The monoisotopic (exact) mass is 392 g/mol. The average Bonchev–Trinajstić information content (AvgIpc) is 3.34. The van der Waals surface area contributed by atoms with E-state index in [9.17, 15) is 9.90 Å². The zero-order valence-electron chi connectivity index (χ0n) is 14.9. The molecule has 3 aromatic heterocycles. The minimum Gasteiger partial charge on any atom is -0.480 e. The summed E-state index contributed by atoms with van der Waals surface area (Å²) in [5, 5.41) is 22.2. The Hall–Kier alpha value is -3.33. The lowest BCUT2D eigenvalue weighted by Gasteiger charge is -2.05. The predicted molar refractivity (Wildman–Crippen MR) is 106 cm³/mol. The number of para-hydroxylation sites is 2. The highest BCUT2D eigenvalue weighted by atomic mass is 32.2. The number of imidazole rings is 1. The van der Waals surface area contributed by atoms with Crippen molar-refractivity contribution < 1.29 is 9.90 Å². The van der Waals surface area contributed by atoms with Gasteiger partial charge in [-0.15, -0.1) is 15.3 Å². The van der Waals surface area contributed by atoms with Gasteiger partial charge in [0.15, 0.2) is 0 Å². The van der Waals surface area contributed by atoms with Crippen LogP contribution in [0.15, 0.2) is 59.8 Å². The van der Waals surface area contributed by atoms with Gasteiger partial charge in [-0.3, -0.25) is 4.79 Å². The van der Waals surface area contributed by atoms with E-state index >= 15 is 0 Å². The molecule has 1 N–H and O–H groups in total. The van der Waals surface area contributed by atoms with E-state index in [-0.39, 0.29) is 0 Å². The molecule has 0 amide bonds. The van der Waals surface area contributed by atoms with Crippen LogP contribution in [0.1, 0.15) is 12.5 Å². The molecule has 1 atom stereocenters. The van der Waals surface area contributed by atoms with E-state index in [0.717, 1.165) is 28.6 Å². The van der Waals surface area contributed by atoms with Crippen LogP contribution in [-0.2, 0) is 11.3 Å². The molecule has 3 heterocycles. The second-order valence-corrected chi connectivity index (χ2v) is 7.80. The van der Waals surface area contributed by atoms with Gasteiger partial charge in [0.2, 0.25) is 10.9 Å². The Balaban J connectivity index is 1.73. The number of rotatable bonds is 5. The molecule has 5 aromatic rings. The van der Waals surface area contributed by atoms with E-state index in [1.54, 1.807) is 11.4 Å². The van der Waals surface area contributed by atoms with Gasteiger partial charge in [-0.2, -0.15) is 4.52 Å². The number of hydrogen-bond donors (Lipinski definition) is 1. The third-order valence-corrected chi connectivity index (χ3v) is 5.67. The summed E-state index contributed by atoms with van der Waals surface area (Å²) in [7, 11) is 0. The number of nitrogens with zero attached hydrogens (tertiary/aromatic N) is 6. The molecule has 0 aliphatic heterocycles. The number of fused-ring (bicyclic) bond motifs is 5. The Bertz CT molecular complexity index is 1320. The van der Waals surface area contributed by atoms with E-state index < -0.39 is 11.2 Å². The molecule has 2 aromatic carbocycles. The Morgan fingerprint density at radius 2 is 1.75 bits per heavy atom. The van der Waals surface area contributed by atoms with Gasteiger partial charge in [-0.25, -0.2) is 4.40 Å². The highest BCUT2D eigenvalue weighted by Gasteiger charge is 2.22. The normalized spacial score (nSPS) is 12.9. The Morgan fingerprint density at radius 3 is 2.50 bits per heavy atom. The first-order chi connectivity index (χ1) is 13.6. The van der Waals surface area contributed by atoms with Gasteiger partial charge in [-0.1, -0.05) is 54.2 Å². The number of carboxylic acid groups (broad SMARTS) is 1. The molecule has 8 nitrogen and oxygen atoms in total. The van der Waals surface area contributed by atoms with Gasteiger partial charge in [0.05, 0.1) is 17.6 Å². The largest absolute Gasteiger partial charge is 0.480 e. The molecule has 28 heavy (non-hydrogen) atoms. The van der Waals surface area contributed by atoms with Crippen LogP contribution in [0.2, 0.25) is 0 Å². The van der Waals surface area contributed by atoms with Crippen molar-refractivity contribution in [3.63, 3.8) is 0 Å². The van der Waals surface area contributed by atoms with Gasteiger partial charge in [0, 0.05) is 0 Å². The first-order valence-corrected chi connectivity index (χ1v) is 9.66. The lowest BCUT2D eigenvalue weighted by Crippen LogP contribution is -2.12. The van der Waals surface area contributed by atoms with Crippen molar-refractivity contribution in [3.8, 4) is 0 Å². The fourth-order valence-electron chi connectivity index (χ4n) is 3.29. The Labute approximate surface area is 163 Å².